The minimum absolute atomic E-state index is 0.345. The van der Waals surface area contributed by atoms with Gasteiger partial charge in [0.05, 0.1) is 0 Å². The number of aromatic nitrogens is 2. The van der Waals surface area contributed by atoms with E-state index in [2.05, 4.69) is 5.32 Å². The van der Waals surface area contributed by atoms with Gasteiger partial charge >= 0.3 is 11.7 Å². The number of ether oxygens (including phenoxy) is 1. The summed E-state index contributed by atoms with van der Waals surface area (Å²) in [5.41, 5.74) is -1.24. The molecule has 1 amide bonds. The summed E-state index contributed by atoms with van der Waals surface area (Å²) in [6.45, 7) is 1.72. The highest BCUT2D eigenvalue weighted by Crippen LogP contribution is 2.22. The summed E-state index contributed by atoms with van der Waals surface area (Å²) in [7, 11) is 0. The highest BCUT2D eigenvalue weighted by molar-refractivity contribution is 5.83. The molecule has 0 aromatic carbocycles. The standard InChI is InChI=1S/C16H23N3O5/c1-11(15(22)17-9-12-5-3-2-4-6-12)24-14(21)10-19-8-7-13(20)18-16(19)23/h7-8,11-12H,2-6,9-10H2,1H3,(H,17,22)(H,18,20,23)/t11-/m1/s1. The molecule has 1 aliphatic carbocycles. The van der Waals surface area contributed by atoms with Crippen LogP contribution in [-0.2, 0) is 20.9 Å². The fourth-order valence-corrected chi connectivity index (χ4v) is 2.78. The molecule has 24 heavy (non-hydrogen) atoms. The Hall–Kier alpha value is -2.38. The van der Waals surface area contributed by atoms with E-state index >= 15 is 0 Å². The Kier molecular flexibility index (Phi) is 6.34. The van der Waals surface area contributed by atoms with Gasteiger partial charge in [0.2, 0.25) is 0 Å². The van der Waals surface area contributed by atoms with Gasteiger partial charge in [-0.25, -0.2) is 4.79 Å². The molecule has 0 saturated heterocycles. The molecule has 1 saturated carbocycles. The number of carbonyl (C=O) groups is 2. The lowest BCUT2D eigenvalue weighted by Gasteiger charge is -2.22. The molecule has 1 aliphatic rings. The molecule has 8 heteroatoms. The quantitative estimate of drug-likeness (QED) is 0.719. The Labute approximate surface area is 139 Å². The van der Waals surface area contributed by atoms with Crippen LogP contribution in [0.1, 0.15) is 39.0 Å². The predicted molar refractivity (Wildman–Crippen MR) is 86.5 cm³/mol. The topological polar surface area (TPSA) is 110 Å². The summed E-state index contributed by atoms with van der Waals surface area (Å²) >= 11 is 0. The van der Waals surface area contributed by atoms with Gasteiger partial charge in [0.15, 0.2) is 6.10 Å². The number of H-pyrrole nitrogens is 1. The lowest BCUT2D eigenvalue weighted by atomic mass is 9.89. The van der Waals surface area contributed by atoms with Crippen LogP contribution < -0.4 is 16.6 Å². The average molecular weight is 337 g/mol. The number of nitrogens with one attached hydrogen (secondary N) is 2. The first-order chi connectivity index (χ1) is 11.5. The summed E-state index contributed by atoms with van der Waals surface area (Å²) < 4.78 is 6.05. The van der Waals surface area contributed by atoms with Crippen molar-refractivity contribution in [2.24, 2.45) is 5.92 Å². The van der Waals surface area contributed by atoms with Crippen molar-refractivity contribution in [2.45, 2.75) is 51.7 Å². The summed E-state index contributed by atoms with van der Waals surface area (Å²) in [6.07, 6.45) is 6.14. The van der Waals surface area contributed by atoms with E-state index in [1.165, 1.54) is 32.4 Å². The molecule has 0 radical (unpaired) electrons. The highest BCUT2D eigenvalue weighted by atomic mass is 16.5. The molecular formula is C16H23N3O5. The van der Waals surface area contributed by atoms with Crippen molar-refractivity contribution in [3.05, 3.63) is 33.1 Å². The summed E-state index contributed by atoms with van der Waals surface area (Å²) in [4.78, 5) is 48.3. The third-order valence-corrected chi connectivity index (χ3v) is 4.16. The second-order valence-corrected chi connectivity index (χ2v) is 6.12. The Morgan fingerprint density at radius 3 is 2.71 bits per heavy atom. The molecule has 132 valence electrons. The zero-order valence-electron chi connectivity index (χ0n) is 13.7. The van der Waals surface area contributed by atoms with Gasteiger partial charge in [-0.15, -0.1) is 0 Å². The second-order valence-electron chi connectivity index (χ2n) is 6.12. The van der Waals surface area contributed by atoms with E-state index in [-0.39, 0.29) is 12.5 Å². The van der Waals surface area contributed by atoms with Crippen LogP contribution in [-0.4, -0.2) is 34.1 Å². The summed E-state index contributed by atoms with van der Waals surface area (Å²) in [5.74, 6) is -0.572. The molecule has 2 rings (SSSR count). The minimum atomic E-state index is -0.931. The van der Waals surface area contributed by atoms with E-state index in [0.717, 1.165) is 23.5 Å². The minimum Gasteiger partial charge on any atom is -0.451 e. The first kappa shape index (κ1) is 18.0. The van der Waals surface area contributed by atoms with Gasteiger partial charge in [0.1, 0.15) is 6.54 Å². The fourth-order valence-electron chi connectivity index (χ4n) is 2.78. The molecular weight excluding hydrogens is 314 g/mol. The zero-order chi connectivity index (χ0) is 17.5. The molecule has 1 aromatic heterocycles. The number of esters is 1. The maximum Gasteiger partial charge on any atom is 0.328 e. The van der Waals surface area contributed by atoms with Gasteiger partial charge in [-0.05, 0) is 25.7 Å². The van der Waals surface area contributed by atoms with Crippen molar-refractivity contribution in [1.29, 1.82) is 0 Å². The third-order valence-electron chi connectivity index (χ3n) is 4.16. The highest BCUT2D eigenvalue weighted by Gasteiger charge is 2.20. The van der Waals surface area contributed by atoms with Crippen LogP contribution in [0.3, 0.4) is 0 Å². The van der Waals surface area contributed by atoms with Crippen molar-refractivity contribution in [2.75, 3.05) is 6.54 Å². The first-order valence-corrected chi connectivity index (χ1v) is 8.22. The normalized spacial score (nSPS) is 16.4. The molecule has 2 N–H and O–H groups in total. The van der Waals surface area contributed by atoms with Crippen LogP contribution in [0.5, 0.6) is 0 Å². The average Bonchev–Trinajstić information content (AvgIpc) is 2.56. The monoisotopic (exact) mass is 337 g/mol. The Bertz CT molecular complexity index is 687. The molecule has 1 heterocycles. The van der Waals surface area contributed by atoms with Crippen molar-refractivity contribution in [3.8, 4) is 0 Å². The van der Waals surface area contributed by atoms with E-state index in [9.17, 15) is 19.2 Å². The maximum absolute atomic E-state index is 12.0. The third kappa shape index (κ3) is 5.36. The lowest BCUT2D eigenvalue weighted by Crippen LogP contribution is -2.40. The van der Waals surface area contributed by atoms with Crippen LogP contribution in [0.25, 0.3) is 0 Å². The van der Waals surface area contributed by atoms with Crippen LogP contribution in [0.2, 0.25) is 0 Å². The smallest absolute Gasteiger partial charge is 0.328 e. The van der Waals surface area contributed by atoms with Crippen molar-refractivity contribution >= 4 is 11.9 Å². The second kappa shape index (κ2) is 8.47. The Morgan fingerprint density at radius 2 is 2.04 bits per heavy atom. The van der Waals surface area contributed by atoms with E-state index < -0.39 is 23.3 Å². The van der Waals surface area contributed by atoms with Crippen LogP contribution in [0, 0.1) is 5.92 Å². The fraction of sp³-hybridized carbons (Fsp3) is 0.625. The number of aromatic amines is 1. The number of hydrogen-bond acceptors (Lipinski definition) is 5. The molecule has 1 aromatic rings. The largest absolute Gasteiger partial charge is 0.451 e. The molecule has 0 aliphatic heterocycles. The van der Waals surface area contributed by atoms with Gasteiger partial charge in [-0.3, -0.25) is 23.9 Å². The van der Waals surface area contributed by atoms with Gasteiger partial charge in [-0.2, -0.15) is 0 Å². The van der Waals surface area contributed by atoms with E-state index in [1.807, 2.05) is 4.98 Å². The summed E-state index contributed by atoms with van der Waals surface area (Å²) in [6, 6.07) is 1.13. The van der Waals surface area contributed by atoms with Gasteiger partial charge < -0.3 is 10.1 Å². The van der Waals surface area contributed by atoms with Crippen LogP contribution >= 0.6 is 0 Å². The molecule has 0 spiro atoms. The molecule has 1 atom stereocenters. The van der Waals surface area contributed by atoms with Gasteiger partial charge in [0.25, 0.3) is 11.5 Å². The lowest BCUT2D eigenvalue weighted by molar-refractivity contribution is -0.155. The van der Waals surface area contributed by atoms with E-state index in [1.54, 1.807) is 0 Å². The zero-order valence-corrected chi connectivity index (χ0v) is 13.7. The number of carbonyl (C=O) groups excluding carboxylic acids is 2. The van der Waals surface area contributed by atoms with Crippen molar-refractivity contribution in [1.82, 2.24) is 14.9 Å². The van der Waals surface area contributed by atoms with Crippen molar-refractivity contribution < 1.29 is 14.3 Å². The summed E-state index contributed by atoms with van der Waals surface area (Å²) in [5, 5.41) is 2.81. The maximum atomic E-state index is 12.0. The SMILES string of the molecule is C[C@@H](OC(=O)Cn1ccc(=O)[nH]c1=O)C(=O)NCC1CCCCC1. The number of amides is 1. The molecule has 0 bridgehead atoms. The molecule has 0 unspecified atom stereocenters. The molecule has 8 nitrogen and oxygen atoms in total. The first-order valence-electron chi connectivity index (χ1n) is 8.22. The van der Waals surface area contributed by atoms with Gasteiger partial charge in [0, 0.05) is 18.8 Å². The number of nitrogens with zero attached hydrogens (tertiary/aromatic N) is 1. The van der Waals surface area contributed by atoms with E-state index in [0.29, 0.717) is 12.5 Å². The Balaban J connectivity index is 1.78. The molecule has 1 fully saturated rings. The van der Waals surface area contributed by atoms with E-state index in [4.69, 9.17) is 4.74 Å². The number of rotatable bonds is 6. The van der Waals surface area contributed by atoms with Crippen molar-refractivity contribution in [3.63, 3.8) is 0 Å². The van der Waals surface area contributed by atoms with Crippen LogP contribution in [0.15, 0.2) is 21.9 Å². The number of hydrogen-bond donors (Lipinski definition) is 2. The predicted octanol–water partition coefficient (Wildman–Crippen LogP) is 0.165. The van der Waals surface area contributed by atoms with Gasteiger partial charge in [-0.1, -0.05) is 19.3 Å². The Morgan fingerprint density at radius 1 is 1.33 bits per heavy atom. The van der Waals surface area contributed by atoms with Crippen LogP contribution in [0.4, 0.5) is 0 Å².